The van der Waals surface area contributed by atoms with Crippen molar-refractivity contribution in [2.75, 3.05) is 0 Å². The Morgan fingerprint density at radius 3 is 2.67 bits per heavy atom. The predicted molar refractivity (Wildman–Crippen MR) is 26.1 cm³/mol. The molecule has 5 heteroatoms. The minimum atomic E-state index is -0.0417. The second kappa shape index (κ2) is 2.71. The standard InChI is InChI=1S/C4H2N3O2/c8-3-9-4-6-1-5-2-7-4/h1-2H. The van der Waals surface area contributed by atoms with Crippen LogP contribution in [-0.2, 0) is 4.79 Å². The summed E-state index contributed by atoms with van der Waals surface area (Å²) >= 11 is 0. The van der Waals surface area contributed by atoms with Crippen LogP contribution in [0.3, 0.4) is 0 Å². The topological polar surface area (TPSA) is 65.0 Å². The van der Waals surface area contributed by atoms with E-state index >= 15 is 0 Å². The largest absolute Gasteiger partial charge is 0.425 e. The lowest BCUT2D eigenvalue weighted by atomic mass is 11.0. The Morgan fingerprint density at radius 1 is 1.44 bits per heavy atom. The summed E-state index contributed by atoms with van der Waals surface area (Å²) in [6, 6.07) is -0.0417. The molecule has 9 heavy (non-hydrogen) atoms. The maximum absolute atomic E-state index is 9.53. The summed E-state index contributed by atoms with van der Waals surface area (Å²) in [5, 5.41) is 0. The molecule has 0 amide bonds. The maximum Gasteiger partial charge on any atom is 0.425 e. The summed E-state index contributed by atoms with van der Waals surface area (Å²) < 4.78 is 4.14. The first kappa shape index (κ1) is 5.61. The van der Waals surface area contributed by atoms with Crippen LogP contribution in [0.5, 0.6) is 6.01 Å². The van der Waals surface area contributed by atoms with Crippen molar-refractivity contribution in [3.63, 3.8) is 0 Å². The first-order chi connectivity index (χ1) is 4.43. The fraction of sp³-hybridized carbons (Fsp3) is 0. The van der Waals surface area contributed by atoms with Gasteiger partial charge in [-0.3, -0.25) is 0 Å². The third kappa shape index (κ3) is 1.45. The average Bonchev–Trinajstić information content (AvgIpc) is 1.91. The molecule has 0 aliphatic rings. The van der Waals surface area contributed by atoms with Crippen molar-refractivity contribution < 1.29 is 9.53 Å². The molecule has 1 aromatic rings. The van der Waals surface area contributed by atoms with Gasteiger partial charge in [-0.2, -0.15) is 9.97 Å². The molecule has 0 aliphatic heterocycles. The zero-order chi connectivity index (χ0) is 6.53. The molecule has 0 aliphatic carbocycles. The Kier molecular flexibility index (Phi) is 1.69. The van der Waals surface area contributed by atoms with E-state index < -0.39 is 0 Å². The Morgan fingerprint density at radius 2 is 2.11 bits per heavy atom. The lowest BCUT2D eigenvalue weighted by molar-refractivity contribution is 0.420. The van der Waals surface area contributed by atoms with Crippen LogP contribution in [-0.4, -0.2) is 21.4 Å². The first-order valence-electron chi connectivity index (χ1n) is 2.09. The van der Waals surface area contributed by atoms with Gasteiger partial charge in [0.2, 0.25) is 0 Å². The lowest BCUT2D eigenvalue weighted by Crippen LogP contribution is -1.94. The van der Waals surface area contributed by atoms with Crippen LogP contribution >= 0.6 is 0 Å². The van der Waals surface area contributed by atoms with E-state index in [2.05, 4.69) is 19.7 Å². The third-order valence-electron chi connectivity index (χ3n) is 0.603. The lowest BCUT2D eigenvalue weighted by Gasteiger charge is -1.87. The molecule has 0 N–H and O–H groups in total. The van der Waals surface area contributed by atoms with Crippen molar-refractivity contribution in [2.45, 2.75) is 0 Å². The molecule has 0 fully saturated rings. The van der Waals surface area contributed by atoms with E-state index in [-0.39, 0.29) is 6.01 Å². The van der Waals surface area contributed by atoms with E-state index in [9.17, 15) is 4.79 Å². The van der Waals surface area contributed by atoms with Crippen molar-refractivity contribution in [1.82, 2.24) is 15.0 Å². The van der Waals surface area contributed by atoms with Gasteiger partial charge in [-0.05, 0) is 0 Å². The van der Waals surface area contributed by atoms with Gasteiger partial charge in [-0.1, -0.05) is 0 Å². The van der Waals surface area contributed by atoms with E-state index in [1.807, 2.05) is 0 Å². The fourth-order valence-electron chi connectivity index (χ4n) is 0.319. The summed E-state index contributed by atoms with van der Waals surface area (Å²) in [5.41, 5.74) is 0. The number of ether oxygens (including phenoxy) is 1. The summed E-state index contributed by atoms with van der Waals surface area (Å²) in [6.45, 7) is 1.18. The molecule has 0 saturated heterocycles. The van der Waals surface area contributed by atoms with Crippen LogP contribution in [0.4, 0.5) is 0 Å². The highest BCUT2D eigenvalue weighted by Gasteiger charge is 1.90. The highest BCUT2D eigenvalue weighted by Crippen LogP contribution is 1.91. The second-order valence-corrected chi connectivity index (χ2v) is 1.11. The SMILES string of the molecule is O=[C]Oc1ncncn1. The molecule has 1 heterocycles. The van der Waals surface area contributed by atoms with Crippen LogP contribution in [0.15, 0.2) is 12.7 Å². The summed E-state index contributed by atoms with van der Waals surface area (Å²) in [6.07, 6.45) is 2.44. The van der Waals surface area contributed by atoms with E-state index in [1.54, 1.807) is 0 Å². The predicted octanol–water partition coefficient (Wildman–Crippen LogP) is -0.682. The van der Waals surface area contributed by atoms with Gasteiger partial charge in [-0.25, -0.2) is 9.78 Å². The number of hydrogen-bond acceptors (Lipinski definition) is 5. The molecule has 5 nitrogen and oxygen atoms in total. The van der Waals surface area contributed by atoms with Gasteiger partial charge in [0, 0.05) is 0 Å². The Labute approximate surface area is 50.7 Å². The van der Waals surface area contributed by atoms with Crippen LogP contribution in [0.2, 0.25) is 0 Å². The monoisotopic (exact) mass is 124 g/mol. The number of aromatic nitrogens is 3. The fourth-order valence-corrected chi connectivity index (χ4v) is 0.319. The van der Waals surface area contributed by atoms with Crippen molar-refractivity contribution >= 4 is 6.47 Å². The number of carbonyl (C=O) groups excluding carboxylic acids is 1. The van der Waals surface area contributed by atoms with E-state index in [0.717, 1.165) is 0 Å². The summed E-state index contributed by atoms with van der Waals surface area (Å²) in [7, 11) is 0. The minimum absolute atomic E-state index is 0.0417. The van der Waals surface area contributed by atoms with Gasteiger partial charge in [0.1, 0.15) is 12.7 Å². The first-order valence-corrected chi connectivity index (χ1v) is 2.09. The van der Waals surface area contributed by atoms with Gasteiger partial charge in [-0.15, -0.1) is 0 Å². The molecule has 0 aromatic carbocycles. The molecule has 1 radical (unpaired) electrons. The van der Waals surface area contributed by atoms with Gasteiger partial charge in [0.15, 0.2) is 0 Å². The molecule has 0 atom stereocenters. The zero-order valence-corrected chi connectivity index (χ0v) is 4.31. The summed E-state index contributed by atoms with van der Waals surface area (Å²) in [4.78, 5) is 19.9. The molecule has 0 saturated carbocycles. The van der Waals surface area contributed by atoms with Crippen molar-refractivity contribution in [2.24, 2.45) is 0 Å². The number of nitrogens with zero attached hydrogens (tertiary/aromatic N) is 3. The van der Waals surface area contributed by atoms with Crippen LogP contribution < -0.4 is 4.74 Å². The third-order valence-corrected chi connectivity index (χ3v) is 0.603. The molecule has 0 bridgehead atoms. The molecule has 45 valence electrons. The molecule has 0 unspecified atom stereocenters. The van der Waals surface area contributed by atoms with Crippen LogP contribution in [0.1, 0.15) is 0 Å². The Bertz CT molecular complexity index is 188. The molecular weight excluding hydrogens is 122 g/mol. The normalized spacial score (nSPS) is 8.44. The van der Waals surface area contributed by atoms with Gasteiger partial charge < -0.3 is 4.74 Å². The smallest absolute Gasteiger partial charge is 0.382 e. The van der Waals surface area contributed by atoms with Gasteiger partial charge in [0.05, 0.1) is 0 Å². The molecule has 1 rings (SSSR count). The highest BCUT2D eigenvalue weighted by atomic mass is 16.5. The van der Waals surface area contributed by atoms with Gasteiger partial charge in [0.25, 0.3) is 0 Å². The van der Waals surface area contributed by atoms with Crippen molar-refractivity contribution in [3.8, 4) is 6.01 Å². The quantitative estimate of drug-likeness (QED) is 0.522. The van der Waals surface area contributed by atoms with Crippen molar-refractivity contribution in [3.05, 3.63) is 12.7 Å². The van der Waals surface area contributed by atoms with E-state index in [1.165, 1.54) is 19.1 Å². The van der Waals surface area contributed by atoms with Gasteiger partial charge >= 0.3 is 12.5 Å². The maximum atomic E-state index is 9.53. The Hall–Kier alpha value is -1.52. The second-order valence-electron chi connectivity index (χ2n) is 1.11. The molecule has 0 spiro atoms. The zero-order valence-electron chi connectivity index (χ0n) is 4.31. The average molecular weight is 124 g/mol. The minimum Gasteiger partial charge on any atom is -0.382 e. The van der Waals surface area contributed by atoms with Crippen LogP contribution in [0, 0.1) is 0 Å². The van der Waals surface area contributed by atoms with E-state index in [0.29, 0.717) is 0 Å². The Balaban J connectivity index is 2.72. The number of hydrogen-bond donors (Lipinski definition) is 0. The number of rotatable bonds is 2. The van der Waals surface area contributed by atoms with Crippen molar-refractivity contribution in [1.29, 1.82) is 0 Å². The summed E-state index contributed by atoms with van der Waals surface area (Å²) in [5.74, 6) is 0. The van der Waals surface area contributed by atoms with E-state index in [4.69, 9.17) is 0 Å². The van der Waals surface area contributed by atoms with Crippen LogP contribution in [0.25, 0.3) is 0 Å². The molecular formula is C4H2N3O2. The highest BCUT2D eigenvalue weighted by molar-refractivity contribution is 5.42. The molecule has 1 aromatic heterocycles.